The van der Waals surface area contributed by atoms with Crippen LogP contribution in [0.2, 0.25) is 0 Å². The number of rotatable bonds is 10. The Morgan fingerprint density at radius 3 is 2.14 bits per heavy atom. The van der Waals surface area contributed by atoms with Crippen molar-refractivity contribution in [2.24, 2.45) is 28.2 Å². The van der Waals surface area contributed by atoms with Crippen molar-refractivity contribution < 1.29 is 26.7 Å². The van der Waals surface area contributed by atoms with Crippen molar-refractivity contribution in [3.05, 3.63) is 11.4 Å². The van der Waals surface area contributed by atoms with Crippen molar-refractivity contribution in [3.63, 3.8) is 0 Å². The van der Waals surface area contributed by atoms with E-state index in [0.717, 1.165) is 54.8 Å². The van der Waals surface area contributed by atoms with Gasteiger partial charge < -0.3 is 20.9 Å². The number of carbonyl (C=O) groups is 1. The standard InChI is InChI=1S/C15H27N3OS.C8H17NO3.C5H12.C2H6.3CH4.H2O.H2/c1-11(19)12-10-18(5)14(15(2,3)4)17-13(12)16-8-7-9-20-6;1-7-3-8(6-12-11-2)5-9(10)4-7;1-4-5(2)3;1-2;;;;;/h16H,7-10H2,1-6H3;7-8,10H,3-6H2,1-2H3;5H,4H2,1-3H3;1-2H3;3*1H4;1H2;1H/t;7-,8+;;;;;;;/m.0......./s1. The molecule has 0 aromatic carbocycles. The van der Waals surface area contributed by atoms with Gasteiger partial charge in [0.2, 0.25) is 0 Å². The predicted molar refractivity (Wildman–Crippen MR) is 194 cm³/mol. The van der Waals surface area contributed by atoms with Gasteiger partial charge in [-0.25, -0.2) is 14.8 Å². The number of amidine groups is 1. The second kappa shape index (κ2) is 30.8. The summed E-state index contributed by atoms with van der Waals surface area (Å²) >= 11 is 1.83. The topological polar surface area (TPSA) is 118 Å². The van der Waals surface area contributed by atoms with E-state index >= 15 is 0 Å². The molecule has 2 aliphatic rings. The first-order chi connectivity index (χ1) is 18.3. The largest absolute Gasteiger partial charge is 0.412 e. The summed E-state index contributed by atoms with van der Waals surface area (Å²) in [6.07, 6.45) is 5.58. The third kappa shape index (κ3) is 25.8. The molecule has 43 heavy (non-hydrogen) atoms. The van der Waals surface area contributed by atoms with Crippen LogP contribution < -0.4 is 5.32 Å². The molecule has 0 bridgehead atoms. The van der Waals surface area contributed by atoms with E-state index in [-0.39, 0.29) is 40.4 Å². The molecule has 0 aromatic rings. The zero-order valence-electron chi connectivity index (χ0n) is 28.0. The van der Waals surface area contributed by atoms with Crippen LogP contribution in [0, 0.1) is 23.2 Å². The summed E-state index contributed by atoms with van der Waals surface area (Å²) in [7, 11) is 3.50. The lowest BCUT2D eigenvalue weighted by Crippen LogP contribution is -2.43. The summed E-state index contributed by atoms with van der Waals surface area (Å²) < 4.78 is 0. The summed E-state index contributed by atoms with van der Waals surface area (Å²) in [5.74, 6) is 4.81. The fraction of sp³-hybridized carbons (Fsp3) is 0.879. The van der Waals surface area contributed by atoms with Gasteiger partial charge in [-0.1, -0.05) is 91.0 Å². The number of carbonyl (C=O) groups excluding carboxylic acids is 1. The first-order valence-electron chi connectivity index (χ1n) is 14.6. The molecule has 0 saturated carbocycles. The third-order valence-electron chi connectivity index (χ3n) is 6.14. The number of likely N-dealkylation sites (N-methyl/N-ethyl adjacent to an activating group) is 1. The number of Topliss-reactive ketones (excluding diaryl/α,β-unsaturated/α-hetero) is 1. The van der Waals surface area contributed by atoms with E-state index in [1.54, 1.807) is 6.92 Å². The Hall–Kier alpha value is -1.17. The van der Waals surface area contributed by atoms with Gasteiger partial charge in [-0.2, -0.15) is 16.8 Å². The molecule has 1 saturated heterocycles. The Kier molecular flexibility index (Phi) is 39.0. The molecule has 10 heteroatoms. The van der Waals surface area contributed by atoms with Gasteiger partial charge in [0.15, 0.2) is 5.78 Å². The lowest BCUT2D eigenvalue weighted by Gasteiger charge is -2.35. The van der Waals surface area contributed by atoms with Crippen LogP contribution in [0.15, 0.2) is 16.4 Å². The summed E-state index contributed by atoms with van der Waals surface area (Å²) in [6.45, 7) is 24.3. The molecular weight excluding hydrogens is 564 g/mol. The summed E-state index contributed by atoms with van der Waals surface area (Å²) in [6, 6.07) is 0. The van der Waals surface area contributed by atoms with E-state index in [1.807, 2.05) is 32.7 Å². The van der Waals surface area contributed by atoms with Crippen LogP contribution in [-0.4, -0.2) is 91.2 Å². The molecule has 2 aliphatic heterocycles. The zero-order chi connectivity index (χ0) is 30.6. The number of hydrogen-bond acceptors (Lipinski definition) is 9. The van der Waals surface area contributed by atoms with Gasteiger partial charge in [-0.15, -0.1) is 0 Å². The van der Waals surface area contributed by atoms with Gasteiger partial charge in [0.05, 0.1) is 25.8 Å². The molecule has 4 N–H and O–H groups in total. The zero-order valence-corrected chi connectivity index (χ0v) is 28.8. The maximum atomic E-state index is 11.8. The second-order valence-electron chi connectivity index (χ2n) is 11.5. The average Bonchev–Trinajstić information content (AvgIpc) is 2.86. The maximum absolute atomic E-state index is 11.8. The number of hydroxylamine groups is 2. The van der Waals surface area contributed by atoms with Crippen molar-refractivity contribution in [1.29, 1.82) is 0 Å². The van der Waals surface area contributed by atoms with Gasteiger partial charge in [0, 0.05) is 39.4 Å². The summed E-state index contributed by atoms with van der Waals surface area (Å²) in [5, 5.41) is 14.0. The van der Waals surface area contributed by atoms with Crippen molar-refractivity contribution in [2.45, 2.75) is 111 Å². The Morgan fingerprint density at radius 1 is 1.21 bits per heavy atom. The number of aliphatic imine (C=N–C) groups is 1. The fourth-order valence-electron chi connectivity index (χ4n) is 3.97. The predicted octanol–water partition coefficient (Wildman–Crippen LogP) is 7.84. The quantitative estimate of drug-likeness (QED) is 0.141. The molecule has 0 amide bonds. The van der Waals surface area contributed by atoms with Crippen LogP contribution in [0.1, 0.15) is 112 Å². The smallest absolute Gasteiger partial charge is 0.161 e. The molecule has 0 spiro atoms. The number of thioether (sulfide) groups is 1. The van der Waals surface area contributed by atoms with Crippen molar-refractivity contribution in [2.75, 3.05) is 59.0 Å². The minimum Gasteiger partial charge on any atom is -0.412 e. The van der Waals surface area contributed by atoms with Gasteiger partial charge in [-0.05, 0) is 43.6 Å². The fourth-order valence-corrected chi connectivity index (χ4v) is 4.40. The van der Waals surface area contributed by atoms with Gasteiger partial charge in [0.1, 0.15) is 11.7 Å². The van der Waals surface area contributed by atoms with Crippen LogP contribution in [0.5, 0.6) is 0 Å². The van der Waals surface area contributed by atoms with Crippen molar-refractivity contribution in [1.82, 2.24) is 15.3 Å². The van der Waals surface area contributed by atoms with E-state index in [0.29, 0.717) is 31.5 Å². The normalized spacial score (nSPS) is 17.8. The molecular formula is C33H78N4O5S. The van der Waals surface area contributed by atoms with E-state index in [1.165, 1.54) is 18.6 Å². The Bertz CT molecular complexity index is 709. The molecule has 9 nitrogen and oxygen atoms in total. The van der Waals surface area contributed by atoms with Gasteiger partial charge >= 0.3 is 0 Å². The third-order valence-corrected chi connectivity index (χ3v) is 6.84. The first-order valence-corrected chi connectivity index (χ1v) is 16.0. The molecule has 0 unspecified atom stereocenters. The molecule has 266 valence electrons. The second-order valence-corrected chi connectivity index (χ2v) is 12.5. The summed E-state index contributed by atoms with van der Waals surface area (Å²) in [4.78, 5) is 27.9. The lowest BCUT2D eigenvalue weighted by atomic mass is 9.92. The number of hydrogen-bond donors (Lipinski definition) is 2. The molecule has 2 rings (SSSR count). The Balaban J connectivity index is -0.0000000988. The van der Waals surface area contributed by atoms with Crippen LogP contribution in [-0.2, 0) is 14.6 Å². The molecule has 0 radical (unpaired) electrons. The number of nitrogens with one attached hydrogen (secondary N) is 1. The highest BCUT2D eigenvalue weighted by Crippen LogP contribution is 2.25. The van der Waals surface area contributed by atoms with Gasteiger partial charge in [0.25, 0.3) is 0 Å². The van der Waals surface area contributed by atoms with Gasteiger partial charge in [-0.3, -0.25) is 4.79 Å². The molecule has 0 aliphatic carbocycles. The highest BCUT2D eigenvalue weighted by molar-refractivity contribution is 7.98. The van der Waals surface area contributed by atoms with E-state index in [9.17, 15) is 10.0 Å². The minimum atomic E-state index is -0.0245. The molecule has 1 fully saturated rings. The van der Waals surface area contributed by atoms with Crippen LogP contribution in [0.4, 0.5) is 0 Å². The van der Waals surface area contributed by atoms with E-state index in [2.05, 4.69) is 69.8 Å². The number of piperidine rings is 1. The number of ketones is 1. The Morgan fingerprint density at radius 2 is 1.74 bits per heavy atom. The highest BCUT2D eigenvalue weighted by atomic mass is 32.2. The van der Waals surface area contributed by atoms with Crippen molar-refractivity contribution in [3.8, 4) is 0 Å². The maximum Gasteiger partial charge on any atom is 0.161 e. The first kappa shape index (κ1) is 54.3. The van der Waals surface area contributed by atoms with E-state index < -0.39 is 0 Å². The lowest BCUT2D eigenvalue weighted by molar-refractivity contribution is -0.286. The Labute approximate surface area is 274 Å². The molecule has 0 aromatic heterocycles. The average molecular weight is 643 g/mol. The van der Waals surface area contributed by atoms with Crippen LogP contribution in [0.25, 0.3) is 0 Å². The van der Waals surface area contributed by atoms with Crippen LogP contribution >= 0.6 is 11.8 Å². The van der Waals surface area contributed by atoms with E-state index in [4.69, 9.17) is 9.88 Å². The summed E-state index contributed by atoms with van der Waals surface area (Å²) in [5.41, 5.74) is 0.758. The number of nitrogens with zero attached hydrogens (tertiary/aromatic N) is 3. The SMILES string of the molecule is C.C.C.CC.CCC(C)C.COOC[C@@H]1C[C@H](C)CN(O)C1.CSCCCNC1=C(C(C)=O)CN(C)C(C(C)(C)C)=N1.O.[HH]. The van der Waals surface area contributed by atoms with Crippen molar-refractivity contribution >= 4 is 23.4 Å². The molecule has 2 atom stereocenters. The highest BCUT2D eigenvalue weighted by Gasteiger charge is 2.29. The monoisotopic (exact) mass is 643 g/mol. The molecule has 2 heterocycles. The van der Waals surface area contributed by atoms with Crippen LogP contribution in [0.3, 0.4) is 0 Å². The minimum absolute atomic E-state index is 0.